The molecule has 0 aliphatic carbocycles. The van der Waals surface area contributed by atoms with E-state index in [1.165, 1.54) is 6.92 Å². The first-order valence-corrected chi connectivity index (χ1v) is 14.6. The summed E-state index contributed by atoms with van der Waals surface area (Å²) >= 11 is 0. The SMILES string of the molecule is CC#CCC(C)C(=O)N(C)[C@H](C)[C@H](O)c1ccccc1.CC#CCC(C)C(=O)N(C)[C@H](C)[C@H](OC(C)=O)c1ccccc1. The number of likely N-dealkylation sites (N-methyl/N-ethyl adjacent to an activating group) is 2. The van der Waals surface area contributed by atoms with Crippen LogP contribution in [0.5, 0.6) is 0 Å². The van der Waals surface area contributed by atoms with Crippen LogP contribution in [0.15, 0.2) is 60.7 Å². The first-order chi connectivity index (χ1) is 20.4. The van der Waals surface area contributed by atoms with Crippen LogP contribution in [0.2, 0.25) is 0 Å². The Balaban J connectivity index is 0.000000434. The van der Waals surface area contributed by atoms with Crippen LogP contribution in [-0.4, -0.2) is 58.9 Å². The molecule has 0 bridgehead atoms. The average molecular weight is 589 g/mol. The molecule has 0 radical (unpaired) electrons. The molecule has 0 spiro atoms. The number of carbonyl (C=O) groups excluding carboxylic acids is 3. The van der Waals surface area contributed by atoms with Crippen molar-refractivity contribution in [3.63, 3.8) is 0 Å². The average Bonchev–Trinajstić information content (AvgIpc) is 3.03. The van der Waals surface area contributed by atoms with Gasteiger partial charge in [0.05, 0.1) is 18.2 Å². The minimum absolute atomic E-state index is 0.00617. The predicted octanol–water partition coefficient (Wildman–Crippen LogP) is 5.80. The van der Waals surface area contributed by atoms with Crippen molar-refractivity contribution < 1.29 is 24.2 Å². The summed E-state index contributed by atoms with van der Waals surface area (Å²) in [6, 6.07) is 18.3. The third-order valence-corrected chi connectivity index (χ3v) is 7.39. The van der Waals surface area contributed by atoms with Crippen molar-refractivity contribution >= 4 is 17.8 Å². The van der Waals surface area contributed by atoms with Crippen molar-refractivity contribution in [1.82, 2.24) is 9.80 Å². The lowest BCUT2D eigenvalue weighted by Gasteiger charge is -2.33. The van der Waals surface area contributed by atoms with E-state index in [9.17, 15) is 19.5 Å². The van der Waals surface area contributed by atoms with Gasteiger partial charge in [0.15, 0.2) is 0 Å². The van der Waals surface area contributed by atoms with Gasteiger partial charge in [-0.15, -0.1) is 23.7 Å². The van der Waals surface area contributed by atoms with Gasteiger partial charge < -0.3 is 19.6 Å². The van der Waals surface area contributed by atoms with E-state index in [-0.39, 0.29) is 41.7 Å². The molecule has 0 saturated heterocycles. The fourth-order valence-corrected chi connectivity index (χ4v) is 4.39. The highest BCUT2D eigenvalue weighted by atomic mass is 16.5. The maximum atomic E-state index is 12.5. The molecule has 0 saturated carbocycles. The number of carbonyl (C=O) groups is 3. The lowest BCUT2D eigenvalue weighted by Crippen LogP contribution is -2.42. The van der Waals surface area contributed by atoms with Crippen LogP contribution in [0.3, 0.4) is 0 Å². The Hall–Kier alpha value is -4.07. The van der Waals surface area contributed by atoms with Crippen LogP contribution in [0.25, 0.3) is 0 Å². The zero-order valence-electron chi connectivity index (χ0n) is 27.1. The summed E-state index contributed by atoms with van der Waals surface area (Å²) in [6.07, 6.45) is -0.106. The molecule has 0 aliphatic heterocycles. The Bertz CT molecular complexity index is 1270. The van der Waals surface area contributed by atoms with Crippen molar-refractivity contribution in [3.8, 4) is 23.7 Å². The van der Waals surface area contributed by atoms with Gasteiger partial charge in [-0.1, -0.05) is 74.5 Å². The highest BCUT2D eigenvalue weighted by Crippen LogP contribution is 2.26. The Morgan fingerprint density at radius 2 is 1.12 bits per heavy atom. The van der Waals surface area contributed by atoms with E-state index in [2.05, 4.69) is 23.7 Å². The topological polar surface area (TPSA) is 87.2 Å². The van der Waals surface area contributed by atoms with Crippen LogP contribution in [0, 0.1) is 35.5 Å². The Labute approximate surface area is 258 Å². The molecule has 2 aromatic carbocycles. The second-order valence-corrected chi connectivity index (χ2v) is 10.7. The lowest BCUT2D eigenvalue weighted by molar-refractivity contribution is -0.154. The van der Waals surface area contributed by atoms with Crippen LogP contribution < -0.4 is 0 Å². The predicted molar refractivity (Wildman–Crippen MR) is 171 cm³/mol. The molecular weight excluding hydrogens is 540 g/mol. The minimum atomic E-state index is -0.686. The first-order valence-electron chi connectivity index (χ1n) is 14.6. The largest absolute Gasteiger partial charge is 0.455 e. The quantitative estimate of drug-likeness (QED) is 0.265. The van der Waals surface area contributed by atoms with Crippen molar-refractivity contribution in [2.24, 2.45) is 11.8 Å². The second kappa shape index (κ2) is 19.2. The normalized spacial score (nSPS) is 14.3. The molecule has 0 aromatic heterocycles. The number of nitrogens with zero attached hydrogens (tertiary/aromatic N) is 2. The summed E-state index contributed by atoms with van der Waals surface area (Å²) in [5.41, 5.74) is 1.69. The Morgan fingerprint density at radius 1 is 0.721 bits per heavy atom. The number of aliphatic hydroxyl groups is 1. The molecule has 0 fully saturated rings. The lowest BCUT2D eigenvalue weighted by atomic mass is 10.00. The molecule has 7 nitrogen and oxygen atoms in total. The highest BCUT2D eigenvalue weighted by Gasteiger charge is 2.30. The Kier molecular flexibility index (Phi) is 16.5. The van der Waals surface area contributed by atoms with Gasteiger partial charge in [-0.3, -0.25) is 14.4 Å². The number of rotatable bonds is 11. The molecule has 43 heavy (non-hydrogen) atoms. The molecule has 2 aromatic rings. The number of hydrogen-bond acceptors (Lipinski definition) is 5. The molecule has 2 rings (SSSR count). The Morgan fingerprint density at radius 3 is 1.51 bits per heavy atom. The van der Waals surface area contributed by atoms with Crippen LogP contribution in [-0.2, 0) is 19.1 Å². The molecule has 6 atom stereocenters. The summed E-state index contributed by atoms with van der Waals surface area (Å²) in [5, 5.41) is 10.3. The number of amides is 2. The summed E-state index contributed by atoms with van der Waals surface area (Å²) in [7, 11) is 3.47. The van der Waals surface area contributed by atoms with Gasteiger partial charge in [0.1, 0.15) is 6.10 Å². The van der Waals surface area contributed by atoms with Gasteiger partial charge in [0.2, 0.25) is 11.8 Å². The maximum absolute atomic E-state index is 12.5. The van der Waals surface area contributed by atoms with Crippen LogP contribution in [0.1, 0.15) is 84.6 Å². The van der Waals surface area contributed by atoms with Crippen molar-refractivity contribution in [2.75, 3.05) is 14.1 Å². The van der Waals surface area contributed by atoms with Crippen molar-refractivity contribution in [1.29, 1.82) is 0 Å². The van der Waals surface area contributed by atoms with E-state index in [0.29, 0.717) is 12.8 Å². The molecular formula is C36H48N2O5. The van der Waals surface area contributed by atoms with E-state index >= 15 is 0 Å². The molecule has 1 N–H and O–H groups in total. The summed E-state index contributed by atoms with van der Waals surface area (Å²) < 4.78 is 5.47. The third kappa shape index (κ3) is 12.0. The van der Waals surface area contributed by atoms with Gasteiger partial charge in [0, 0.05) is 45.7 Å². The number of hydrogen-bond donors (Lipinski definition) is 1. The van der Waals surface area contributed by atoms with E-state index < -0.39 is 12.2 Å². The van der Waals surface area contributed by atoms with Crippen molar-refractivity contribution in [3.05, 3.63) is 71.8 Å². The summed E-state index contributed by atoms with van der Waals surface area (Å²) in [4.78, 5) is 39.5. The maximum Gasteiger partial charge on any atom is 0.303 e. The van der Waals surface area contributed by atoms with Gasteiger partial charge in [-0.25, -0.2) is 0 Å². The monoisotopic (exact) mass is 588 g/mol. The van der Waals surface area contributed by atoms with Crippen LogP contribution in [0.4, 0.5) is 0 Å². The van der Waals surface area contributed by atoms with E-state index in [1.54, 1.807) is 37.7 Å². The fraction of sp³-hybridized carbons (Fsp3) is 0.472. The highest BCUT2D eigenvalue weighted by molar-refractivity contribution is 5.79. The number of aliphatic hydroxyl groups excluding tert-OH is 1. The second-order valence-electron chi connectivity index (χ2n) is 10.7. The van der Waals surface area contributed by atoms with Gasteiger partial charge >= 0.3 is 5.97 Å². The zero-order chi connectivity index (χ0) is 32.5. The van der Waals surface area contributed by atoms with Gasteiger partial charge in [0.25, 0.3) is 0 Å². The van der Waals surface area contributed by atoms with Gasteiger partial charge in [-0.2, -0.15) is 0 Å². The number of esters is 1. The molecule has 2 unspecified atom stereocenters. The number of ether oxygens (including phenoxy) is 1. The van der Waals surface area contributed by atoms with Crippen LogP contribution >= 0.6 is 0 Å². The van der Waals surface area contributed by atoms with E-state index in [4.69, 9.17) is 4.74 Å². The third-order valence-electron chi connectivity index (χ3n) is 7.39. The smallest absolute Gasteiger partial charge is 0.303 e. The molecule has 232 valence electrons. The zero-order valence-corrected chi connectivity index (χ0v) is 27.1. The molecule has 7 heteroatoms. The summed E-state index contributed by atoms with van der Waals surface area (Å²) in [5.74, 6) is 10.8. The molecule has 0 aliphatic rings. The minimum Gasteiger partial charge on any atom is -0.455 e. The fourth-order valence-electron chi connectivity index (χ4n) is 4.39. The van der Waals surface area contributed by atoms with E-state index in [0.717, 1.165) is 11.1 Å². The molecule has 0 heterocycles. The van der Waals surface area contributed by atoms with E-state index in [1.807, 2.05) is 88.4 Å². The summed E-state index contributed by atoms with van der Waals surface area (Å²) in [6.45, 7) is 12.4. The number of benzene rings is 2. The standard InChI is InChI=1S/C19H25NO3.C17H23NO2/c1-6-7-11-14(2)19(22)20(5)15(3)18(23-16(4)21)17-12-9-8-10-13-17;1-5-6-10-13(2)17(20)18(4)14(3)16(19)15-11-8-7-9-12-15/h8-10,12-15,18H,11H2,1-5H3;7-9,11-14,16,19H,10H2,1-4H3/t14?,15-,18+;13?,14-,16+/m11/s1. The first kappa shape index (κ1) is 37.0. The van der Waals surface area contributed by atoms with Crippen molar-refractivity contribution in [2.45, 2.75) is 85.6 Å². The van der Waals surface area contributed by atoms with Gasteiger partial charge in [-0.05, 0) is 38.8 Å². The molecule has 2 amide bonds.